The lowest BCUT2D eigenvalue weighted by atomic mass is 9.93. The Labute approximate surface area is 157 Å². The van der Waals surface area contributed by atoms with Crippen molar-refractivity contribution in [1.29, 1.82) is 5.26 Å². The molecule has 1 fully saturated rings. The Kier molecular flexibility index (Phi) is 5.77. The van der Waals surface area contributed by atoms with Gasteiger partial charge in [-0.05, 0) is 36.1 Å². The lowest BCUT2D eigenvalue weighted by Gasteiger charge is -2.37. The molecular formula is C20H19ClN2O3. The standard InChI is InChI=1S/C20H19ClN2O3/c21-18-10-15(6-7-16(18)12-22)19-11-17(24)8-9-23(19)20(25)26-13-14-4-2-1-3-5-14/h1-7,10,17,19,24H,8-9,11,13H2. The Morgan fingerprint density at radius 2 is 2.08 bits per heavy atom. The van der Waals surface area contributed by atoms with E-state index in [1.54, 1.807) is 23.1 Å². The van der Waals surface area contributed by atoms with E-state index in [2.05, 4.69) is 0 Å². The number of aliphatic hydroxyl groups excluding tert-OH is 1. The summed E-state index contributed by atoms with van der Waals surface area (Å²) in [5.74, 6) is 0. The Balaban J connectivity index is 1.76. The quantitative estimate of drug-likeness (QED) is 0.884. The van der Waals surface area contributed by atoms with Crippen LogP contribution in [0, 0.1) is 11.3 Å². The van der Waals surface area contributed by atoms with Crippen molar-refractivity contribution in [3.63, 3.8) is 0 Å². The first-order valence-corrected chi connectivity index (χ1v) is 8.81. The van der Waals surface area contributed by atoms with Gasteiger partial charge in [-0.2, -0.15) is 5.26 Å². The van der Waals surface area contributed by atoms with Crippen molar-refractivity contribution in [2.24, 2.45) is 0 Å². The predicted octanol–water partition coefficient (Wildman–Crippen LogP) is 4.05. The zero-order valence-electron chi connectivity index (χ0n) is 14.1. The van der Waals surface area contributed by atoms with Crippen molar-refractivity contribution >= 4 is 17.7 Å². The fourth-order valence-corrected chi connectivity index (χ4v) is 3.34. The number of piperidine rings is 1. The van der Waals surface area contributed by atoms with E-state index in [-0.39, 0.29) is 12.6 Å². The van der Waals surface area contributed by atoms with Crippen LogP contribution in [0.2, 0.25) is 5.02 Å². The highest BCUT2D eigenvalue weighted by atomic mass is 35.5. The van der Waals surface area contributed by atoms with Crippen LogP contribution in [0.15, 0.2) is 48.5 Å². The van der Waals surface area contributed by atoms with Crippen LogP contribution in [-0.4, -0.2) is 28.7 Å². The summed E-state index contributed by atoms with van der Waals surface area (Å²) in [6, 6.07) is 16.2. The number of carbonyl (C=O) groups excluding carboxylic acids is 1. The molecule has 0 spiro atoms. The number of halogens is 1. The maximum Gasteiger partial charge on any atom is 0.410 e. The molecule has 1 heterocycles. The summed E-state index contributed by atoms with van der Waals surface area (Å²) in [4.78, 5) is 14.2. The first kappa shape index (κ1) is 18.2. The molecule has 6 heteroatoms. The van der Waals surface area contributed by atoms with Gasteiger partial charge >= 0.3 is 6.09 Å². The fourth-order valence-electron chi connectivity index (χ4n) is 3.11. The van der Waals surface area contributed by atoms with Crippen LogP contribution in [0.1, 0.15) is 35.6 Å². The normalized spacial score (nSPS) is 19.7. The average molecular weight is 371 g/mol. The van der Waals surface area contributed by atoms with Crippen LogP contribution >= 0.6 is 11.6 Å². The van der Waals surface area contributed by atoms with E-state index in [1.807, 2.05) is 36.4 Å². The van der Waals surface area contributed by atoms with Crippen LogP contribution in [0.3, 0.4) is 0 Å². The number of nitrogens with zero attached hydrogens (tertiary/aromatic N) is 2. The van der Waals surface area contributed by atoms with Crippen LogP contribution in [0.4, 0.5) is 4.79 Å². The average Bonchev–Trinajstić information content (AvgIpc) is 2.66. The molecule has 1 aliphatic rings. The van der Waals surface area contributed by atoms with Gasteiger partial charge in [-0.1, -0.05) is 48.0 Å². The molecule has 2 atom stereocenters. The summed E-state index contributed by atoms with van der Waals surface area (Å²) in [5, 5.41) is 19.4. The third kappa shape index (κ3) is 4.16. The molecular weight excluding hydrogens is 352 g/mol. The van der Waals surface area contributed by atoms with E-state index in [4.69, 9.17) is 21.6 Å². The third-order valence-corrected chi connectivity index (χ3v) is 4.83. The number of hydrogen-bond acceptors (Lipinski definition) is 4. The predicted molar refractivity (Wildman–Crippen MR) is 97.5 cm³/mol. The molecule has 2 aromatic rings. The van der Waals surface area contributed by atoms with Crippen LogP contribution in [0.5, 0.6) is 0 Å². The smallest absolute Gasteiger partial charge is 0.410 e. The van der Waals surface area contributed by atoms with E-state index < -0.39 is 12.2 Å². The van der Waals surface area contributed by atoms with E-state index in [0.717, 1.165) is 11.1 Å². The second kappa shape index (κ2) is 8.22. The van der Waals surface area contributed by atoms with E-state index in [0.29, 0.717) is 30.0 Å². The number of nitriles is 1. The van der Waals surface area contributed by atoms with Crippen molar-refractivity contribution < 1.29 is 14.6 Å². The number of amides is 1. The number of hydrogen-bond donors (Lipinski definition) is 1. The lowest BCUT2D eigenvalue weighted by molar-refractivity contribution is 0.0259. The second-order valence-corrected chi connectivity index (χ2v) is 6.69. The molecule has 2 unspecified atom stereocenters. The SMILES string of the molecule is N#Cc1ccc(C2CC(O)CCN2C(=O)OCc2ccccc2)cc1Cl. The molecule has 5 nitrogen and oxygen atoms in total. The van der Waals surface area contributed by atoms with Gasteiger partial charge in [0.2, 0.25) is 0 Å². The molecule has 134 valence electrons. The topological polar surface area (TPSA) is 73.6 Å². The van der Waals surface area contributed by atoms with Gasteiger partial charge in [0.25, 0.3) is 0 Å². The number of benzene rings is 2. The minimum absolute atomic E-state index is 0.194. The van der Waals surface area contributed by atoms with Gasteiger partial charge in [0.15, 0.2) is 0 Å². The van der Waals surface area contributed by atoms with Gasteiger partial charge in [0.05, 0.1) is 22.7 Å². The van der Waals surface area contributed by atoms with E-state index in [1.165, 1.54) is 0 Å². The van der Waals surface area contributed by atoms with Gasteiger partial charge < -0.3 is 14.7 Å². The van der Waals surface area contributed by atoms with Gasteiger partial charge in [0.1, 0.15) is 12.7 Å². The monoisotopic (exact) mass is 370 g/mol. The number of aliphatic hydroxyl groups is 1. The molecule has 3 rings (SSSR count). The zero-order valence-corrected chi connectivity index (χ0v) is 14.9. The van der Waals surface area contributed by atoms with Gasteiger partial charge in [0, 0.05) is 6.54 Å². The summed E-state index contributed by atoms with van der Waals surface area (Å²) in [7, 11) is 0. The van der Waals surface area contributed by atoms with Gasteiger partial charge in [-0.15, -0.1) is 0 Å². The van der Waals surface area contributed by atoms with Gasteiger partial charge in [-0.25, -0.2) is 4.79 Å². The van der Waals surface area contributed by atoms with Crippen LogP contribution < -0.4 is 0 Å². The highest BCUT2D eigenvalue weighted by Gasteiger charge is 2.33. The molecule has 2 aromatic carbocycles. The Hall–Kier alpha value is -2.55. The molecule has 26 heavy (non-hydrogen) atoms. The molecule has 1 amide bonds. The first-order chi connectivity index (χ1) is 12.6. The van der Waals surface area contributed by atoms with Crippen molar-refractivity contribution in [2.45, 2.75) is 31.6 Å². The summed E-state index contributed by atoms with van der Waals surface area (Å²) in [6.45, 7) is 0.594. The Morgan fingerprint density at radius 3 is 2.77 bits per heavy atom. The minimum atomic E-state index is -0.493. The number of likely N-dealkylation sites (tertiary alicyclic amines) is 1. The summed E-state index contributed by atoms with van der Waals surface area (Å²) in [5.41, 5.74) is 2.07. The molecule has 0 aromatic heterocycles. The Bertz CT molecular complexity index is 820. The number of carbonyl (C=O) groups is 1. The van der Waals surface area contributed by atoms with Crippen LogP contribution in [-0.2, 0) is 11.3 Å². The molecule has 0 radical (unpaired) electrons. The molecule has 0 bridgehead atoms. The molecule has 1 saturated heterocycles. The molecule has 0 aliphatic carbocycles. The molecule has 0 saturated carbocycles. The molecule has 1 N–H and O–H groups in total. The third-order valence-electron chi connectivity index (χ3n) is 4.51. The minimum Gasteiger partial charge on any atom is -0.445 e. The molecule has 1 aliphatic heterocycles. The van der Waals surface area contributed by atoms with E-state index in [9.17, 15) is 9.90 Å². The van der Waals surface area contributed by atoms with E-state index >= 15 is 0 Å². The highest BCUT2D eigenvalue weighted by Crippen LogP contribution is 2.33. The lowest BCUT2D eigenvalue weighted by Crippen LogP contribution is -2.42. The fraction of sp³-hybridized carbons (Fsp3) is 0.300. The van der Waals surface area contributed by atoms with Crippen molar-refractivity contribution in [2.75, 3.05) is 6.54 Å². The highest BCUT2D eigenvalue weighted by molar-refractivity contribution is 6.31. The van der Waals surface area contributed by atoms with Crippen LogP contribution in [0.25, 0.3) is 0 Å². The number of rotatable bonds is 3. The maximum atomic E-state index is 12.6. The largest absolute Gasteiger partial charge is 0.445 e. The van der Waals surface area contributed by atoms with Crippen molar-refractivity contribution in [1.82, 2.24) is 4.90 Å². The maximum absolute atomic E-state index is 12.6. The first-order valence-electron chi connectivity index (χ1n) is 8.43. The van der Waals surface area contributed by atoms with Crippen molar-refractivity contribution in [3.8, 4) is 6.07 Å². The second-order valence-electron chi connectivity index (χ2n) is 6.28. The van der Waals surface area contributed by atoms with Crippen molar-refractivity contribution in [3.05, 3.63) is 70.2 Å². The summed E-state index contributed by atoms with van der Waals surface area (Å²) < 4.78 is 5.45. The Morgan fingerprint density at radius 1 is 1.31 bits per heavy atom. The summed E-state index contributed by atoms with van der Waals surface area (Å²) in [6.07, 6.45) is -0.0114. The van der Waals surface area contributed by atoms with Gasteiger partial charge in [-0.3, -0.25) is 0 Å². The summed E-state index contributed by atoms with van der Waals surface area (Å²) >= 11 is 6.13. The number of ether oxygens (including phenoxy) is 1. The zero-order chi connectivity index (χ0) is 18.5.